The third-order valence-electron chi connectivity index (χ3n) is 7.59. The van der Waals surface area contributed by atoms with Crippen LogP contribution in [0.5, 0.6) is 0 Å². The van der Waals surface area contributed by atoms with Crippen molar-refractivity contribution in [1.29, 1.82) is 0 Å². The molecule has 4 rings (SSSR count). The molecule has 1 aromatic carbocycles. The second-order valence-corrected chi connectivity index (χ2v) is 9.54. The Hall–Kier alpha value is -0.610. The van der Waals surface area contributed by atoms with Crippen LogP contribution in [0.2, 0.25) is 5.02 Å². The van der Waals surface area contributed by atoms with Crippen LogP contribution in [-0.2, 0) is 5.60 Å². The number of aliphatic hydroxyl groups is 1. The van der Waals surface area contributed by atoms with E-state index in [0.29, 0.717) is 0 Å². The van der Waals surface area contributed by atoms with E-state index in [0.717, 1.165) is 49.6 Å². The fourth-order valence-electron chi connectivity index (χ4n) is 6.09. The Morgan fingerprint density at radius 2 is 1.63 bits per heavy atom. The summed E-state index contributed by atoms with van der Waals surface area (Å²) in [6.45, 7) is 6.76. The number of nitrogens with zero attached hydrogens (tertiary/aromatic N) is 2. The lowest BCUT2D eigenvalue weighted by Crippen LogP contribution is -2.71. The maximum absolute atomic E-state index is 12.6. The van der Waals surface area contributed by atoms with Crippen LogP contribution in [0.15, 0.2) is 24.3 Å². The van der Waals surface area contributed by atoms with Gasteiger partial charge in [0.05, 0.1) is 5.54 Å². The molecule has 4 heteroatoms. The lowest BCUT2D eigenvalue weighted by Gasteiger charge is -2.61. The highest BCUT2D eigenvalue weighted by atomic mass is 35.5. The fourth-order valence-corrected chi connectivity index (χ4v) is 6.28. The molecule has 0 amide bonds. The molecule has 3 unspecified atom stereocenters. The molecule has 3 atom stereocenters. The molecule has 1 aromatic rings. The van der Waals surface area contributed by atoms with Gasteiger partial charge in [-0.15, -0.1) is 0 Å². The molecule has 3 aliphatic rings. The molecule has 2 saturated heterocycles. The average molecular weight is 391 g/mol. The Bertz CT molecular complexity index is 641. The van der Waals surface area contributed by atoms with Crippen LogP contribution in [0.3, 0.4) is 0 Å². The quantitative estimate of drug-likeness (QED) is 0.802. The van der Waals surface area contributed by atoms with E-state index < -0.39 is 5.60 Å². The van der Waals surface area contributed by atoms with E-state index in [-0.39, 0.29) is 11.6 Å². The van der Waals surface area contributed by atoms with E-state index in [1.54, 1.807) is 0 Å². The minimum atomic E-state index is -0.884. The summed E-state index contributed by atoms with van der Waals surface area (Å²) in [5.41, 5.74) is -0.109. The molecule has 3 fully saturated rings. The third-order valence-corrected chi connectivity index (χ3v) is 7.83. The lowest BCUT2D eigenvalue weighted by molar-refractivity contribution is -0.185. The maximum Gasteiger partial charge on any atom is 0.123 e. The first-order valence-corrected chi connectivity index (χ1v) is 11.4. The Morgan fingerprint density at radius 1 is 0.963 bits per heavy atom. The van der Waals surface area contributed by atoms with Crippen molar-refractivity contribution in [2.45, 2.75) is 81.9 Å². The topological polar surface area (TPSA) is 26.7 Å². The number of benzene rings is 1. The minimum Gasteiger partial charge on any atom is -0.382 e. The van der Waals surface area contributed by atoms with Gasteiger partial charge in [0.25, 0.3) is 0 Å². The summed E-state index contributed by atoms with van der Waals surface area (Å²) in [6, 6.07) is 8.24. The van der Waals surface area contributed by atoms with Gasteiger partial charge in [-0.3, -0.25) is 9.80 Å². The van der Waals surface area contributed by atoms with E-state index in [2.05, 4.69) is 22.8 Å². The van der Waals surface area contributed by atoms with Crippen molar-refractivity contribution in [2.24, 2.45) is 0 Å². The SMILES string of the molecule is CC1(N2CCCCC2)CCCC(N2CCCCC2)C1(O)c1cccc(Cl)c1. The Balaban J connectivity index is 1.79. The van der Waals surface area contributed by atoms with Crippen molar-refractivity contribution in [3.05, 3.63) is 34.9 Å². The zero-order chi connectivity index (χ0) is 18.9. The molecule has 2 aliphatic heterocycles. The van der Waals surface area contributed by atoms with E-state index in [1.165, 1.54) is 44.9 Å². The number of hydrogen-bond acceptors (Lipinski definition) is 3. The van der Waals surface area contributed by atoms with Gasteiger partial charge in [-0.25, -0.2) is 0 Å². The molecule has 0 spiro atoms. The summed E-state index contributed by atoms with van der Waals surface area (Å²) in [5, 5.41) is 13.3. The van der Waals surface area contributed by atoms with Crippen LogP contribution in [0.4, 0.5) is 0 Å². The first-order chi connectivity index (χ1) is 13.1. The van der Waals surface area contributed by atoms with Crippen molar-refractivity contribution in [3.8, 4) is 0 Å². The Kier molecular flexibility index (Phi) is 5.85. The Morgan fingerprint density at radius 3 is 2.30 bits per heavy atom. The summed E-state index contributed by atoms with van der Waals surface area (Å²) < 4.78 is 0. The normalized spacial score (nSPS) is 36.6. The molecular weight excluding hydrogens is 356 g/mol. The number of piperidine rings is 2. The second kappa shape index (κ2) is 8.02. The van der Waals surface area contributed by atoms with Crippen molar-refractivity contribution in [1.82, 2.24) is 9.80 Å². The van der Waals surface area contributed by atoms with Gasteiger partial charge in [-0.1, -0.05) is 36.6 Å². The molecule has 1 aliphatic carbocycles. The number of hydrogen-bond donors (Lipinski definition) is 1. The van der Waals surface area contributed by atoms with Gasteiger partial charge >= 0.3 is 0 Å². The second-order valence-electron chi connectivity index (χ2n) is 9.10. The van der Waals surface area contributed by atoms with Gasteiger partial charge < -0.3 is 5.11 Å². The summed E-state index contributed by atoms with van der Waals surface area (Å²) in [4.78, 5) is 5.19. The zero-order valence-corrected chi connectivity index (χ0v) is 17.6. The standard InChI is InChI=1S/C23H35ClN2O/c1-22(26-16-6-3-7-17-26)13-9-12-21(25-14-4-2-5-15-25)23(22,27)19-10-8-11-20(24)18-19/h8,10-11,18,21,27H,2-7,9,12-17H2,1H3. The first kappa shape index (κ1) is 19.7. The van der Waals surface area contributed by atoms with E-state index in [4.69, 9.17) is 11.6 Å². The average Bonchev–Trinajstić information content (AvgIpc) is 2.71. The van der Waals surface area contributed by atoms with Crippen LogP contribution in [0.1, 0.15) is 70.3 Å². The molecule has 0 aromatic heterocycles. The van der Waals surface area contributed by atoms with Gasteiger partial charge in [-0.05, 0) is 95.7 Å². The monoisotopic (exact) mass is 390 g/mol. The molecule has 3 nitrogen and oxygen atoms in total. The van der Waals surface area contributed by atoms with Crippen molar-refractivity contribution in [3.63, 3.8) is 0 Å². The highest BCUT2D eigenvalue weighted by Crippen LogP contribution is 2.51. The molecule has 1 saturated carbocycles. The molecular formula is C23H35ClN2O. The third kappa shape index (κ3) is 3.46. The summed E-state index contributed by atoms with van der Waals surface area (Å²) in [7, 11) is 0. The van der Waals surface area contributed by atoms with Gasteiger partial charge in [-0.2, -0.15) is 0 Å². The van der Waals surface area contributed by atoms with Crippen LogP contribution >= 0.6 is 11.6 Å². The largest absolute Gasteiger partial charge is 0.382 e. The predicted molar refractivity (Wildman–Crippen MR) is 112 cm³/mol. The first-order valence-electron chi connectivity index (χ1n) is 11.0. The van der Waals surface area contributed by atoms with Crippen LogP contribution in [-0.4, -0.2) is 52.7 Å². The molecule has 0 bridgehead atoms. The van der Waals surface area contributed by atoms with Gasteiger partial charge in [0.15, 0.2) is 0 Å². The predicted octanol–water partition coefficient (Wildman–Crippen LogP) is 4.81. The van der Waals surface area contributed by atoms with Crippen LogP contribution < -0.4 is 0 Å². The molecule has 1 N–H and O–H groups in total. The van der Waals surface area contributed by atoms with Gasteiger partial charge in [0.1, 0.15) is 5.60 Å². The van der Waals surface area contributed by atoms with Crippen molar-refractivity contribution < 1.29 is 5.11 Å². The van der Waals surface area contributed by atoms with Crippen LogP contribution in [0.25, 0.3) is 0 Å². The van der Waals surface area contributed by atoms with E-state index in [1.807, 2.05) is 18.2 Å². The highest BCUT2D eigenvalue weighted by Gasteiger charge is 2.59. The van der Waals surface area contributed by atoms with Gasteiger partial charge in [0, 0.05) is 11.1 Å². The lowest BCUT2D eigenvalue weighted by atomic mass is 9.62. The van der Waals surface area contributed by atoms with E-state index >= 15 is 0 Å². The highest BCUT2D eigenvalue weighted by molar-refractivity contribution is 6.30. The number of likely N-dealkylation sites (tertiary alicyclic amines) is 2. The zero-order valence-electron chi connectivity index (χ0n) is 16.8. The summed E-state index contributed by atoms with van der Waals surface area (Å²) in [6.07, 6.45) is 11.0. The molecule has 0 radical (unpaired) electrons. The smallest absolute Gasteiger partial charge is 0.123 e. The fraction of sp³-hybridized carbons (Fsp3) is 0.739. The molecule has 2 heterocycles. The summed E-state index contributed by atoms with van der Waals surface area (Å²) in [5.74, 6) is 0. The maximum atomic E-state index is 12.6. The van der Waals surface area contributed by atoms with E-state index in [9.17, 15) is 5.11 Å². The Labute approximate surface area is 169 Å². The molecule has 150 valence electrons. The van der Waals surface area contributed by atoms with Crippen LogP contribution in [0, 0.1) is 0 Å². The molecule has 27 heavy (non-hydrogen) atoms. The number of halogens is 1. The van der Waals surface area contributed by atoms with Crippen molar-refractivity contribution >= 4 is 11.6 Å². The van der Waals surface area contributed by atoms with Gasteiger partial charge in [0.2, 0.25) is 0 Å². The minimum absolute atomic E-state index is 0.178. The number of rotatable bonds is 3. The summed E-state index contributed by atoms with van der Waals surface area (Å²) >= 11 is 6.40. The van der Waals surface area contributed by atoms with Crippen molar-refractivity contribution in [2.75, 3.05) is 26.2 Å².